The fourth-order valence-corrected chi connectivity index (χ4v) is 3.93. The first kappa shape index (κ1) is 22.8. The monoisotopic (exact) mass is 423 g/mol. The zero-order valence-corrected chi connectivity index (χ0v) is 18.9. The number of piperazine rings is 1. The van der Waals surface area contributed by atoms with Crippen LogP contribution in [0.15, 0.2) is 54.6 Å². The van der Waals surface area contributed by atoms with E-state index in [9.17, 15) is 9.59 Å². The van der Waals surface area contributed by atoms with Crippen molar-refractivity contribution in [2.24, 2.45) is 5.92 Å². The zero-order chi connectivity index (χ0) is 22.4. The van der Waals surface area contributed by atoms with Gasteiger partial charge < -0.3 is 19.9 Å². The Hall–Kier alpha value is -2.86. The van der Waals surface area contributed by atoms with Crippen molar-refractivity contribution in [3.8, 4) is 5.75 Å². The van der Waals surface area contributed by atoms with Crippen LogP contribution in [-0.4, -0.2) is 60.9 Å². The van der Waals surface area contributed by atoms with Crippen LogP contribution in [0.25, 0.3) is 0 Å². The van der Waals surface area contributed by atoms with Gasteiger partial charge in [-0.05, 0) is 49.7 Å². The van der Waals surface area contributed by atoms with Gasteiger partial charge in [0.05, 0.1) is 12.6 Å². The average molecular weight is 424 g/mol. The molecular formula is C25H33N3O3. The maximum absolute atomic E-state index is 13.6. The summed E-state index contributed by atoms with van der Waals surface area (Å²) in [6.45, 7) is 8.64. The molecule has 0 unspecified atom stereocenters. The molecule has 6 nitrogen and oxygen atoms in total. The van der Waals surface area contributed by atoms with Crippen LogP contribution in [0.2, 0.25) is 0 Å². The molecule has 0 spiro atoms. The summed E-state index contributed by atoms with van der Waals surface area (Å²) < 4.78 is 5.44. The predicted octanol–water partition coefficient (Wildman–Crippen LogP) is 3.36. The minimum Gasteiger partial charge on any atom is -0.494 e. The number of carbonyl (C=O) groups excluding carboxylic acids is 2. The smallest absolute Gasteiger partial charge is 0.251 e. The van der Waals surface area contributed by atoms with Crippen molar-refractivity contribution >= 4 is 11.8 Å². The molecule has 0 saturated carbocycles. The van der Waals surface area contributed by atoms with E-state index < -0.39 is 6.04 Å². The van der Waals surface area contributed by atoms with Gasteiger partial charge in [-0.2, -0.15) is 0 Å². The second-order valence-electron chi connectivity index (χ2n) is 8.37. The molecular weight excluding hydrogens is 390 g/mol. The summed E-state index contributed by atoms with van der Waals surface area (Å²) in [6.07, 6.45) is 0. The Bertz CT molecular complexity index is 867. The molecule has 166 valence electrons. The Kier molecular flexibility index (Phi) is 7.69. The number of ether oxygens (including phenoxy) is 1. The Balaban J connectivity index is 1.77. The summed E-state index contributed by atoms with van der Waals surface area (Å²) in [6, 6.07) is 16.5. The second-order valence-corrected chi connectivity index (χ2v) is 8.37. The molecule has 2 aromatic rings. The highest BCUT2D eigenvalue weighted by molar-refractivity contribution is 5.97. The van der Waals surface area contributed by atoms with Crippen molar-refractivity contribution in [2.45, 2.75) is 32.9 Å². The maximum atomic E-state index is 13.6. The van der Waals surface area contributed by atoms with Gasteiger partial charge in [0.1, 0.15) is 11.8 Å². The third-order valence-electron chi connectivity index (χ3n) is 5.70. The number of hydrogen-bond acceptors (Lipinski definition) is 4. The number of rotatable bonds is 7. The molecule has 3 rings (SSSR count). The first-order chi connectivity index (χ1) is 14.9. The maximum Gasteiger partial charge on any atom is 0.251 e. The van der Waals surface area contributed by atoms with E-state index in [0.717, 1.165) is 24.4 Å². The molecule has 1 aliphatic rings. The topological polar surface area (TPSA) is 61.9 Å². The number of likely N-dealkylation sites (N-methyl/N-ethyl adjacent to an activating group) is 1. The fourth-order valence-electron chi connectivity index (χ4n) is 3.93. The van der Waals surface area contributed by atoms with E-state index in [0.29, 0.717) is 18.7 Å². The highest BCUT2D eigenvalue weighted by Gasteiger charge is 2.36. The van der Waals surface area contributed by atoms with Crippen LogP contribution in [0.1, 0.15) is 42.7 Å². The Morgan fingerprint density at radius 2 is 1.74 bits per heavy atom. The lowest BCUT2D eigenvalue weighted by Crippen LogP contribution is -2.57. The molecule has 31 heavy (non-hydrogen) atoms. The van der Waals surface area contributed by atoms with Crippen molar-refractivity contribution < 1.29 is 14.3 Å². The third kappa shape index (κ3) is 5.64. The number of carbonyl (C=O) groups is 2. The lowest BCUT2D eigenvalue weighted by Gasteiger charge is -2.42. The molecule has 6 heteroatoms. The minimum absolute atomic E-state index is 0.0313. The molecule has 1 heterocycles. The number of nitrogens with zero attached hydrogens (tertiary/aromatic N) is 2. The van der Waals surface area contributed by atoms with Crippen LogP contribution in [0.3, 0.4) is 0 Å². The lowest BCUT2D eigenvalue weighted by molar-refractivity contribution is -0.139. The number of nitrogens with one attached hydrogen (secondary N) is 1. The van der Waals surface area contributed by atoms with Crippen LogP contribution in [-0.2, 0) is 4.79 Å². The van der Waals surface area contributed by atoms with Crippen LogP contribution in [0.4, 0.5) is 0 Å². The van der Waals surface area contributed by atoms with Crippen molar-refractivity contribution in [3.05, 3.63) is 65.7 Å². The average Bonchev–Trinajstić information content (AvgIpc) is 2.78. The van der Waals surface area contributed by atoms with E-state index >= 15 is 0 Å². The van der Waals surface area contributed by atoms with Gasteiger partial charge in [-0.1, -0.05) is 44.2 Å². The third-order valence-corrected chi connectivity index (χ3v) is 5.70. The number of benzene rings is 2. The van der Waals surface area contributed by atoms with Crippen molar-refractivity contribution in [1.82, 2.24) is 15.1 Å². The zero-order valence-electron chi connectivity index (χ0n) is 18.9. The highest BCUT2D eigenvalue weighted by Crippen LogP contribution is 2.26. The van der Waals surface area contributed by atoms with Crippen LogP contribution >= 0.6 is 0 Å². The van der Waals surface area contributed by atoms with E-state index in [2.05, 4.69) is 29.4 Å². The van der Waals surface area contributed by atoms with Crippen LogP contribution in [0, 0.1) is 5.92 Å². The van der Waals surface area contributed by atoms with Gasteiger partial charge in [-0.15, -0.1) is 0 Å². The largest absolute Gasteiger partial charge is 0.494 e. The van der Waals surface area contributed by atoms with Gasteiger partial charge in [0.2, 0.25) is 5.91 Å². The molecule has 0 radical (unpaired) electrons. The van der Waals surface area contributed by atoms with Gasteiger partial charge in [-0.3, -0.25) is 9.59 Å². The standard InChI is InChI=1S/C25H33N3O3/c1-5-31-21-13-11-20(12-14-21)24(29)26-23(18(2)3)25(30)28-16-15-27(4)17-22(28)19-9-7-6-8-10-19/h6-14,18,22-23H,5,15-17H2,1-4H3,(H,26,29)/t22-,23+/m1/s1. The van der Waals surface area contributed by atoms with E-state index in [4.69, 9.17) is 4.74 Å². The minimum atomic E-state index is -0.589. The molecule has 2 atom stereocenters. The van der Waals surface area contributed by atoms with Gasteiger partial charge >= 0.3 is 0 Å². The normalized spacial score (nSPS) is 18.0. The van der Waals surface area contributed by atoms with Gasteiger partial charge in [0.15, 0.2) is 0 Å². The molecule has 1 saturated heterocycles. The van der Waals surface area contributed by atoms with Gasteiger partial charge in [0, 0.05) is 25.2 Å². The summed E-state index contributed by atoms with van der Waals surface area (Å²) in [5, 5.41) is 2.98. The van der Waals surface area contributed by atoms with Gasteiger partial charge in [-0.25, -0.2) is 0 Å². The lowest BCUT2D eigenvalue weighted by atomic mass is 9.97. The molecule has 2 aromatic carbocycles. The predicted molar refractivity (Wildman–Crippen MR) is 122 cm³/mol. The molecule has 1 N–H and O–H groups in total. The molecule has 0 bridgehead atoms. The van der Waals surface area contributed by atoms with Crippen LogP contribution < -0.4 is 10.1 Å². The quantitative estimate of drug-likeness (QED) is 0.742. The fraction of sp³-hybridized carbons (Fsp3) is 0.440. The summed E-state index contributed by atoms with van der Waals surface area (Å²) in [7, 11) is 2.07. The summed E-state index contributed by atoms with van der Waals surface area (Å²) >= 11 is 0. The molecule has 1 aliphatic heterocycles. The molecule has 0 aliphatic carbocycles. The Morgan fingerprint density at radius 1 is 1.06 bits per heavy atom. The summed E-state index contributed by atoms with van der Waals surface area (Å²) in [4.78, 5) is 30.7. The first-order valence-corrected chi connectivity index (χ1v) is 11.0. The molecule has 1 fully saturated rings. The van der Waals surface area contributed by atoms with E-state index in [1.807, 2.05) is 43.9 Å². The van der Waals surface area contributed by atoms with Gasteiger partial charge in [0.25, 0.3) is 5.91 Å². The van der Waals surface area contributed by atoms with Crippen molar-refractivity contribution in [1.29, 1.82) is 0 Å². The van der Waals surface area contributed by atoms with Crippen LogP contribution in [0.5, 0.6) is 5.75 Å². The van der Waals surface area contributed by atoms with Crippen molar-refractivity contribution in [3.63, 3.8) is 0 Å². The highest BCUT2D eigenvalue weighted by atomic mass is 16.5. The van der Waals surface area contributed by atoms with E-state index in [-0.39, 0.29) is 23.8 Å². The first-order valence-electron chi connectivity index (χ1n) is 11.0. The summed E-state index contributed by atoms with van der Waals surface area (Å²) in [5.74, 6) is 0.408. The Morgan fingerprint density at radius 3 is 2.35 bits per heavy atom. The SMILES string of the molecule is CCOc1ccc(C(=O)N[C@H](C(=O)N2CCN(C)C[C@@H]2c2ccccc2)C(C)C)cc1. The Labute approximate surface area is 185 Å². The molecule has 2 amide bonds. The summed E-state index contributed by atoms with van der Waals surface area (Å²) in [5.41, 5.74) is 1.63. The number of hydrogen-bond donors (Lipinski definition) is 1. The van der Waals surface area contributed by atoms with E-state index in [1.165, 1.54) is 0 Å². The molecule has 0 aromatic heterocycles. The second kappa shape index (κ2) is 10.4. The van der Waals surface area contributed by atoms with E-state index in [1.54, 1.807) is 24.3 Å². The number of amides is 2. The van der Waals surface area contributed by atoms with Crippen molar-refractivity contribution in [2.75, 3.05) is 33.3 Å².